The van der Waals surface area contributed by atoms with Gasteiger partial charge in [-0.1, -0.05) is 45.9 Å². The predicted molar refractivity (Wildman–Crippen MR) is 279 cm³/mol. The van der Waals surface area contributed by atoms with Crippen LogP contribution in [0.3, 0.4) is 0 Å². The van der Waals surface area contributed by atoms with Crippen LogP contribution in [0, 0.1) is 69.0 Å². The van der Waals surface area contributed by atoms with Crippen LogP contribution in [0.1, 0.15) is 83.5 Å². The van der Waals surface area contributed by atoms with Crippen molar-refractivity contribution < 1.29 is 88.3 Å². The maximum absolute atomic E-state index is 13.7. The summed E-state index contributed by atoms with van der Waals surface area (Å²) in [5.74, 6) is -5.11. The SMILES string of the molecule is CCN1C[C@]2(CC)[C@H](O)C[C@H](OC)[C@]34C1[C@H]([C@H](OC)[C@H]23)[C@]1(O)[C@H]2[C@@H](O)[C@](O)(C[C@H]24)[C@@H](OC)[C@@H]1O.CCN1C[C@]2(CC)[C@H](O)C[C@H](OC)[C@]34C1[C@H]([C@H](OC)[C@H]23)[C@]1(OC(C)=O)[C@H]2[C@@H](OC(=O)c3ccccc3)[C@](O)(C[C@H]24)[C@@H](OC)[C@@H]1O. The number of hydrogen-bond donors (Lipinski definition) is 8. The van der Waals surface area contributed by atoms with Gasteiger partial charge in [0.2, 0.25) is 0 Å². The summed E-state index contributed by atoms with van der Waals surface area (Å²) >= 11 is 0. The molecule has 2 spiro atoms. The number of benzene rings is 1. The zero-order chi connectivity index (χ0) is 56.9. The number of aliphatic hydroxyl groups excluding tert-OH is 5. The smallest absolute Gasteiger partial charge is 0.338 e. The Hall–Kier alpha value is -2.48. The number of aliphatic hydroxyl groups is 8. The Labute approximate surface area is 463 Å². The lowest BCUT2D eigenvalue weighted by Gasteiger charge is -2.70. The van der Waals surface area contributed by atoms with Crippen LogP contribution in [-0.2, 0) is 42.7 Å². The zero-order valence-electron chi connectivity index (χ0n) is 47.7. The molecular weight excluding hydrogens is 1020 g/mol. The summed E-state index contributed by atoms with van der Waals surface area (Å²) in [6, 6.07) is 8.10. The molecular formula is C59H88N2O18. The van der Waals surface area contributed by atoms with Crippen molar-refractivity contribution in [3.63, 3.8) is 0 Å². The average molecular weight is 1110 g/mol. The third kappa shape index (κ3) is 6.20. The number of hydrogen-bond acceptors (Lipinski definition) is 20. The standard InChI is InChI=1S/C34H47NO10.C25H41NO8/c1-7-31-16-35(8-2)26-23-24(42-5)25(31)33(26,21(41-4)14-20(31)37)19-15-32(40)28(44-30(39)18-12-10-9-11-13-18)22(19)34(23,45-17(3)36)27(38)29(32)43-6;1-6-22-10-26(7-2)18-15-16(33-4)17(22)24(18,13(32-3)8-12(22)27)11-9-23(30)19(28)14(11)25(15,31)20(29)21(23)34-5/h9-13,19-29,37-38,40H,7-8,14-16H2,1-6H3;11-21,27-31H,6-10H2,1-5H3/t19-,20-,21+,22-,23+,24+,25-,26?,27+,28-,29+,31-,32-,33+,34-;11-,12-,13+,14-,15+,16+,17-,18?,19-,20+,21+,22-,23-,24+,25-/m11/s1. The second-order valence-electron chi connectivity index (χ2n) is 26.4. The fourth-order valence-electron chi connectivity index (χ4n) is 23.4. The van der Waals surface area contributed by atoms with E-state index in [-0.39, 0.29) is 48.8 Å². The summed E-state index contributed by atoms with van der Waals surface area (Å²) in [6.45, 7) is 12.3. The number of nitrogens with zero attached hydrogens (tertiary/aromatic N) is 2. The molecule has 2 aliphatic heterocycles. The van der Waals surface area contributed by atoms with Gasteiger partial charge in [0.25, 0.3) is 0 Å². The van der Waals surface area contributed by atoms with Crippen LogP contribution in [0.15, 0.2) is 30.3 Å². The Morgan fingerprint density at radius 2 is 1.06 bits per heavy atom. The summed E-state index contributed by atoms with van der Waals surface area (Å²) < 4.78 is 49.5. The van der Waals surface area contributed by atoms with Gasteiger partial charge in [0.1, 0.15) is 47.3 Å². The topological polar surface area (TPSA) is 276 Å². The monoisotopic (exact) mass is 1110 g/mol. The number of methoxy groups -OCH3 is 6. The Bertz CT molecular complexity index is 2530. The van der Waals surface area contributed by atoms with E-state index in [0.29, 0.717) is 51.0 Å². The van der Waals surface area contributed by atoms with E-state index in [1.54, 1.807) is 58.8 Å². The molecule has 0 radical (unpaired) electrons. The van der Waals surface area contributed by atoms with Gasteiger partial charge in [-0.2, -0.15) is 0 Å². The number of likely N-dealkylation sites (tertiary alicyclic amines) is 2. The summed E-state index contributed by atoms with van der Waals surface area (Å²) in [6.07, 6.45) is -8.12. The number of ether oxygens (including phenoxy) is 8. The molecule has 8 N–H and O–H groups in total. The maximum Gasteiger partial charge on any atom is 0.338 e. The molecule has 442 valence electrons. The Kier molecular flexibility index (Phi) is 13.5. The van der Waals surface area contributed by atoms with Crippen molar-refractivity contribution in [2.75, 3.05) is 68.8 Å². The molecule has 2 unspecified atom stereocenters. The maximum atomic E-state index is 13.7. The van der Waals surface area contributed by atoms with Crippen LogP contribution in [0.2, 0.25) is 0 Å². The number of piperidine rings is 2. The van der Waals surface area contributed by atoms with Gasteiger partial charge in [-0.25, -0.2) is 4.79 Å². The van der Waals surface area contributed by atoms with Gasteiger partial charge >= 0.3 is 11.9 Å². The van der Waals surface area contributed by atoms with E-state index in [4.69, 9.17) is 37.9 Å². The third-order valence-corrected chi connectivity index (χ3v) is 25.3. The summed E-state index contributed by atoms with van der Waals surface area (Å²) in [7, 11) is 9.44. The van der Waals surface area contributed by atoms with Crippen LogP contribution in [0.5, 0.6) is 0 Å². The van der Waals surface area contributed by atoms with Gasteiger partial charge in [-0.3, -0.25) is 14.6 Å². The molecule has 10 saturated carbocycles. The Morgan fingerprint density at radius 3 is 1.53 bits per heavy atom. The molecule has 13 rings (SSSR count). The van der Waals surface area contributed by atoms with Crippen molar-refractivity contribution in [2.45, 2.75) is 181 Å². The molecule has 10 aliphatic carbocycles. The van der Waals surface area contributed by atoms with Gasteiger partial charge in [0, 0.05) is 145 Å². The van der Waals surface area contributed by atoms with Crippen molar-refractivity contribution in [2.24, 2.45) is 69.0 Å². The molecule has 79 heavy (non-hydrogen) atoms. The highest BCUT2D eigenvalue weighted by atomic mass is 16.6. The molecule has 12 aliphatic rings. The van der Waals surface area contributed by atoms with E-state index in [0.717, 1.165) is 6.42 Å². The van der Waals surface area contributed by atoms with E-state index in [1.807, 2.05) is 0 Å². The summed E-state index contributed by atoms with van der Waals surface area (Å²) in [4.78, 5) is 31.7. The van der Waals surface area contributed by atoms with Crippen molar-refractivity contribution in [3.8, 4) is 0 Å². The van der Waals surface area contributed by atoms with E-state index >= 15 is 0 Å². The van der Waals surface area contributed by atoms with E-state index in [9.17, 15) is 50.4 Å². The molecule has 30 atom stereocenters. The minimum absolute atomic E-state index is 0.118. The molecule has 2 saturated heterocycles. The van der Waals surface area contributed by atoms with Gasteiger partial charge < -0.3 is 78.7 Å². The Morgan fingerprint density at radius 1 is 0.582 bits per heavy atom. The van der Waals surface area contributed by atoms with Crippen LogP contribution in [0.4, 0.5) is 0 Å². The second-order valence-corrected chi connectivity index (χ2v) is 26.4. The van der Waals surface area contributed by atoms with E-state index < -0.39 is 153 Å². The molecule has 20 heteroatoms. The highest BCUT2D eigenvalue weighted by Crippen LogP contribution is 2.83. The van der Waals surface area contributed by atoms with Crippen molar-refractivity contribution in [3.05, 3.63) is 35.9 Å². The number of esters is 2. The lowest BCUT2D eigenvalue weighted by Crippen LogP contribution is -2.81. The highest BCUT2D eigenvalue weighted by molar-refractivity contribution is 5.89. The van der Waals surface area contributed by atoms with Gasteiger partial charge in [-0.15, -0.1) is 0 Å². The van der Waals surface area contributed by atoms with Crippen LogP contribution < -0.4 is 0 Å². The van der Waals surface area contributed by atoms with Gasteiger partial charge in [0.05, 0.1) is 48.3 Å². The number of rotatable bonds is 13. The first-order valence-corrected chi connectivity index (χ1v) is 29.3. The van der Waals surface area contributed by atoms with Gasteiger partial charge in [-0.05, 0) is 62.7 Å². The van der Waals surface area contributed by atoms with Crippen LogP contribution >= 0.6 is 0 Å². The fourth-order valence-corrected chi connectivity index (χ4v) is 23.4. The van der Waals surface area contributed by atoms with Crippen molar-refractivity contribution in [1.82, 2.24) is 9.80 Å². The first kappa shape index (κ1) is 57.0. The minimum Gasteiger partial charge on any atom is -0.455 e. The molecule has 1 aromatic carbocycles. The number of carbonyl (C=O) groups excluding carboxylic acids is 2. The molecule has 20 nitrogen and oxygen atoms in total. The van der Waals surface area contributed by atoms with Crippen molar-refractivity contribution >= 4 is 11.9 Å². The first-order chi connectivity index (χ1) is 37.6. The summed E-state index contributed by atoms with van der Waals surface area (Å²) in [5.41, 5.74) is -8.84. The van der Waals surface area contributed by atoms with E-state index in [1.165, 1.54) is 21.1 Å². The molecule has 2 heterocycles. The van der Waals surface area contributed by atoms with E-state index in [2.05, 4.69) is 37.5 Å². The molecule has 12 fully saturated rings. The quantitative estimate of drug-likeness (QED) is 0.124. The predicted octanol–water partition coefficient (Wildman–Crippen LogP) is 0.388. The number of fused-ring (bicyclic) bond motifs is 4. The third-order valence-electron chi connectivity index (χ3n) is 25.3. The zero-order valence-corrected chi connectivity index (χ0v) is 47.7. The lowest BCUT2D eigenvalue weighted by molar-refractivity contribution is -0.321. The number of carbonyl (C=O) groups is 2. The average Bonchev–Trinajstić information content (AvgIpc) is 1.59. The lowest BCUT2D eigenvalue weighted by atomic mass is 9.42. The molecule has 1 aromatic rings. The van der Waals surface area contributed by atoms with Crippen molar-refractivity contribution in [1.29, 1.82) is 0 Å². The highest BCUT2D eigenvalue weighted by Gasteiger charge is 2.93. The summed E-state index contributed by atoms with van der Waals surface area (Å²) in [5, 5.41) is 96.3. The Balaban J connectivity index is 0.000000164. The van der Waals surface area contributed by atoms with Crippen LogP contribution in [0.25, 0.3) is 0 Å². The first-order valence-electron chi connectivity index (χ1n) is 29.3. The largest absolute Gasteiger partial charge is 0.455 e. The molecule has 14 bridgehead atoms. The van der Waals surface area contributed by atoms with Crippen LogP contribution in [-0.4, -0.2) is 239 Å². The molecule has 0 amide bonds. The van der Waals surface area contributed by atoms with Gasteiger partial charge in [0.15, 0.2) is 5.60 Å². The normalized spacial score (nSPS) is 56.4. The molecule has 0 aromatic heterocycles. The second kappa shape index (κ2) is 18.8. The minimum atomic E-state index is -1.80. The fraction of sp³-hybridized carbons (Fsp3) is 0.864.